The first-order valence-electron chi connectivity index (χ1n) is 13.3. The molecule has 0 N–H and O–H groups in total. The number of likely N-dealkylation sites (tertiary alicyclic amines) is 2. The van der Waals surface area contributed by atoms with Gasteiger partial charge in [0, 0.05) is 37.7 Å². The monoisotopic (exact) mass is 478 g/mol. The first-order valence-corrected chi connectivity index (χ1v) is 13.3. The van der Waals surface area contributed by atoms with Crippen LogP contribution in [-0.2, 0) is 19.4 Å². The molecule has 2 fully saturated rings. The molecule has 0 saturated carbocycles. The molecule has 2 aliphatic rings. The minimum atomic E-state index is 0.165. The van der Waals surface area contributed by atoms with Gasteiger partial charge in [-0.1, -0.05) is 54.6 Å². The molecule has 36 heavy (non-hydrogen) atoms. The van der Waals surface area contributed by atoms with Gasteiger partial charge in [-0.05, 0) is 74.2 Å². The highest BCUT2D eigenvalue weighted by Gasteiger charge is 2.31. The van der Waals surface area contributed by atoms with Crippen LogP contribution in [0.2, 0.25) is 0 Å². The third-order valence-electron chi connectivity index (χ3n) is 7.87. The number of aryl methyl sites for hydroxylation is 2. The van der Waals surface area contributed by atoms with Crippen LogP contribution in [0.4, 0.5) is 0 Å². The van der Waals surface area contributed by atoms with E-state index in [1.165, 1.54) is 42.6 Å². The number of fused-ring (bicyclic) bond motifs is 1. The Bertz CT molecular complexity index is 1320. The van der Waals surface area contributed by atoms with Crippen LogP contribution in [0.1, 0.15) is 46.6 Å². The van der Waals surface area contributed by atoms with E-state index in [0.717, 1.165) is 55.8 Å². The summed E-state index contributed by atoms with van der Waals surface area (Å²) in [5, 5.41) is 0. The van der Waals surface area contributed by atoms with E-state index in [9.17, 15) is 4.79 Å². The lowest BCUT2D eigenvalue weighted by Crippen LogP contribution is -2.37. The Labute approximate surface area is 213 Å². The number of hydrogen-bond donors (Lipinski definition) is 0. The molecule has 0 aliphatic carbocycles. The Balaban J connectivity index is 1.16. The second-order valence-corrected chi connectivity index (χ2v) is 10.2. The van der Waals surface area contributed by atoms with Crippen LogP contribution in [-0.4, -0.2) is 57.5 Å². The van der Waals surface area contributed by atoms with Gasteiger partial charge in [0.25, 0.3) is 5.91 Å². The highest BCUT2D eigenvalue weighted by atomic mass is 16.2. The summed E-state index contributed by atoms with van der Waals surface area (Å²) in [6.07, 6.45) is 5.41. The molecule has 5 heteroatoms. The topological polar surface area (TPSA) is 41.4 Å². The third kappa shape index (κ3) is 4.80. The lowest BCUT2D eigenvalue weighted by molar-refractivity contribution is 0.0780. The van der Waals surface area contributed by atoms with Crippen molar-refractivity contribution in [3.05, 3.63) is 101 Å². The van der Waals surface area contributed by atoms with Crippen molar-refractivity contribution in [2.75, 3.05) is 26.2 Å². The number of imidazole rings is 1. The fourth-order valence-electron chi connectivity index (χ4n) is 5.86. The van der Waals surface area contributed by atoms with Gasteiger partial charge in [-0.3, -0.25) is 9.69 Å². The summed E-state index contributed by atoms with van der Waals surface area (Å²) in [6.45, 7) is 5.01. The second-order valence-electron chi connectivity index (χ2n) is 10.2. The number of amides is 1. The quantitative estimate of drug-likeness (QED) is 0.368. The zero-order valence-electron chi connectivity index (χ0n) is 20.9. The van der Waals surface area contributed by atoms with Crippen molar-refractivity contribution in [1.29, 1.82) is 0 Å². The van der Waals surface area contributed by atoms with Crippen molar-refractivity contribution in [3.8, 4) is 0 Å². The van der Waals surface area contributed by atoms with Crippen molar-refractivity contribution in [3.63, 3.8) is 0 Å². The average Bonchev–Trinajstić information content (AvgIpc) is 3.68. The Kier molecular flexibility index (Phi) is 6.56. The standard InChI is InChI=1S/C31H34N4O/c36-31(34-20-17-27(23-34)33-18-6-7-19-33)26-14-12-25(13-15-26)22-30-32-28-10-4-5-11-29(28)35(30)21-16-24-8-2-1-3-9-24/h1-5,8-15,27H,6-7,16-23H2/t27-/m0/s1. The molecule has 1 atom stereocenters. The molecule has 5 nitrogen and oxygen atoms in total. The van der Waals surface area contributed by atoms with E-state index in [2.05, 4.69) is 70.1 Å². The molecule has 1 aromatic heterocycles. The smallest absolute Gasteiger partial charge is 0.253 e. The molecule has 0 unspecified atom stereocenters. The van der Waals surface area contributed by atoms with E-state index in [-0.39, 0.29) is 5.91 Å². The van der Waals surface area contributed by atoms with E-state index in [4.69, 9.17) is 4.98 Å². The Morgan fingerprint density at radius 2 is 1.58 bits per heavy atom. The van der Waals surface area contributed by atoms with Crippen molar-refractivity contribution < 1.29 is 4.79 Å². The van der Waals surface area contributed by atoms with Crippen molar-refractivity contribution in [2.24, 2.45) is 0 Å². The van der Waals surface area contributed by atoms with Crippen LogP contribution in [0, 0.1) is 0 Å². The van der Waals surface area contributed by atoms with E-state index < -0.39 is 0 Å². The molecule has 0 bridgehead atoms. The first-order chi connectivity index (χ1) is 17.7. The summed E-state index contributed by atoms with van der Waals surface area (Å²) in [5.41, 5.74) is 5.52. The largest absolute Gasteiger partial charge is 0.337 e. The Morgan fingerprint density at radius 3 is 2.39 bits per heavy atom. The summed E-state index contributed by atoms with van der Waals surface area (Å²) in [7, 11) is 0. The number of nitrogens with zero attached hydrogens (tertiary/aromatic N) is 4. The Morgan fingerprint density at radius 1 is 0.833 bits per heavy atom. The highest BCUT2D eigenvalue weighted by molar-refractivity contribution is 5.94. The molecule has 184 valence electrons. The van der Waals surface area contributed by atoms with Crippen molar-refractivity contribution in [1.82, 2.24) is 19.4 Å². The lowest BCUT2D eigenvalue weighted by atomic mass is 10.1. The third-order valence-corrected chi connectivity index (χ3v) is 7.87. The SMILES string of the molecule is O=C(c1ccc(Cc2nc3ccccc3n2CCc2ccccc2)cc1)N1CC[C@H](N2CCCC2)C1. The molecule has 0 spiro atoms. The van der Waals surface area contributed by atoms with Crippen molar-refractivity contribution in [2.45, 2.75) is 44.7 Å². The number of aromatic nitrogens is 2. The molecule has 3 aromatic carbocycles. The maximum absolute atomic E-state index is 13.2. The maximum Gasteiger partial charge on any atom is 0.253 e. The molecule has 1 amide bonds. The molecular formula is C31H34N4O. The molecule has 2 saturated heterocycles. The molecule has 0 radical (unpaired) electrons. The van der Waals surface area contributed by atoms with Gasteiger partial charge in [-0.15, -0.1) is 0 Å². The average molecular weight is 479 g/mol. The van der Waals surface area contributed by atoms with Gasteiger partial charge in [0.2, 0.25) is 0 Å². The summed E-state index contributed by atoms with van der Waals surface area (Å²) in [6, 6.07) is 27.7. The zero-order valence-corrected chi connectivity index (χ0v) is 20.9. The Hall–Kier alpha value is -3.44. The van der Waals surface area contributed by atoms with E-state index in [1.807, 2.05) is 23.1 Å². The fraction of sp³-hybridized carbons (Fsp3) is 0.355. The van der Waals surface area contributed by atoms with Crippen LogP contribution < -0.4 is 0 Å². The predicted molar refractivity (Wildman–Crippen MR) is 144 cm³/mol. The van der Waals surface area contributed by atoms with Crippen LogP contribution >= 0.6 is 0 Å². The van der Waals surface area contributed by atoms with E-state index in [0.29, 0.717) is 6.04 Å². The summed E-state index contributed by atoms with van der Waals surface area (Å²) in [4.78, 5) is 22.7. The number of carbonyl (C=O) groups excluding carboxylic acids is 1. The van der Waals surface area contributed by atoms with Crippen LogP contribution in [0.15, 0.2) is 78.9 Å². The number of para-hydroxylation sites is 2. The lowest BCUT2D eigenvalue weighted by Gasteiger charge is -2.23. The van der Waals surface area contributed by atoms with Gasteiger partial charge < -0.3 is 9.47 Å². The highest BCUT2D eigenvalue weighted by Crippen LogP contribution is 2.23. The fourth-order valence-corrected chi connectivity index (χ4v) is 5.86. The van der Waals surface area contributed by atoms with Crippen molar-refractivity contribution >= 4 is 16.9 Å². The summed E-state index contributed by atoms with van der Waals surface area (Å²) < 4.78 is 2.35. The van der Waals surface area contributed by atoms with Gasteiger partial charge in [0.15, 0.2) is 0 Å². The van der Waals surface area contributed by atoms with Gasteiger partial charge in [0.1, 0.15) is 5.82 Å². The predicted octanol–water partition coefficient (Wildman–Crippen LogP) is 5.18. The van der Waals surface area contributed by atoms with Crippen LogP contribution in [0.25, 0.3) is 11.0 Å². The first kappa shape index (κ1) is 23.0. The summed E-state index contributed by atoms with van der Waals surface area (Å²) >= 11 is 0. The molecule has 4 aromatic rings. The number of rotatable bonds is 7. The van der Waals surface area contributed by atoms with Gasteiger partial charge in [0.05, 0.1) is 11.0 Å². The minimum Gasteiger partial charge on any atom is -0.337 e. The van der Waals surface area contributed by atoms with E-state index in [1.54, 1.807) is 0 Å². The summed E-state index contributed by atoms with van der Waals surface area (Å²) in [5.74, 6) is 1.23. The minimum absolute atomic E-state index is 0.165. The number of benzene rings is 3. The molecule has 6 rings (SSSR count). The maximum atomic E-state index is 13.2. The van der Waals surface area contributed by atoms with Crippen LogP contribution in [0.5, 0.6) is 0 Å². The second kappa shape index (κ2) is 10.3. The zero-order chi connectivity index (χ0) is 24.3. The number of carbonyl (C=O) groups is 1. The molecule has 3 heterocycles. The van der Waals surface area contributed by atoms with E-state index >= 15 is 0 Å². The molecule has 2 aliphatic heterocycles. The normalized spacial score (nSPS) is 18.3. The molecular weight excluding hydrogens is 444 g/mol. The number of hydrogen-bond acceptors (Lipinski definition) is 3. The van der Waals surface area contributed by atoms with Gasteiger partial charge in [-0.25, -0.2) is 4.98 Å². The van der Waals surface area contributed by atoms with Crippen LogP contribution in [0.3, 0.4) is 0 Å². The van der Waals surface area contributed by atoms with Gasteiger partial charge >= 0.3 is 0 Å². The van der Waals surface area contributed by atoms with Gasteiger partial charge in [-0.2, -0.15) is 0 Å².